The van der Waals surface area contributed by atoms with Crippen LogP contribution in [0.4, 0.5) is 0 Å². The number of carbonyl (C=O) groups excluding carboxylic acids is 1. The zero-order valence-electron chi connectivity index (χ0n) is 8.42. The second-order valence-electron chi connectivity index (χ2n) is 5.17. The Morgan fingerprint density at radius 1 is 1.46 bits per heavy atom. The second kappa shape index (κ2) is 2.34. The highest BCUT2D eigenvalue weighted by molar-refractivity contribution is 5.94. The number of ketones is 1. The summed E-state index contributed by atoms with van der Waals surface area (Å²) in [4.78, 5) is 11.9. The lowest BCUT2D eigenvalue weighted by Gasteiger charge is -2.32. The first-order chi connectivity index (χ1) is 5.95. The standard InChI is InChI=1S/C10H17NO2/c1-9(2)6-4-5-10(9,3)8(12)7(6)11-13/h6-7,11,13H,4-5H2,1-3H3. The van der Waals surface area contributed by atoms with Crippen LogP contribution in [-0.4, -0.2) is 17.0 Å². The number of nitrogens with one attached hydrogen (secondary N) is 1. The quantitative estimate of drug-likeness (QED) is 0.603. The number of carbonyl (C=O) groups is 1. The van der Waals surface area contributed by atoms with Gasteiger partial charge >= 0.3 is 0 Å². The Labute approximate surface area is 78.5 Å². The van der Waals surface area contributed by atoms with Crippen molar-refractivity contribution in [3.63, 3.8) is 0 Å². The summed E-state index contributed by atoms with van der Waals surface area (Å²) in [6, 6.07) is -0.325. The van der Waals surface area contributed by atoms with Gasteiger partial charge < -0.3 is 5.21 Å². The molecule has 0 aromatic rings. The van der Waals surface area contributed by atoms with Crippen LogP contribution in [0, 0.1) is 16.7 Å². The van der Waals surface area contributed by atoms with E-state index < -0.39 is 0 Å². The monoisotopic (exact) mass is 183 g/mol. The van der Waals surface area contributed by atoms with Gasteiger partial charge in [0.25, 0.3) is 0 Å². The third-order valence-corrected chi connectivity index (χ3v) is 4.67. The van der Waals surface area contributed by atoms with E-state index in [1.165, 1.54) is 0 Å². The molecular weight excluding hydrogens is 166 g/mol. The highest BCUT2D eigenvalue weighted by Crippen LogP contribution is 2.63. The summed E-state index contributed by atoms with van der Waals surface area (Å²) in [5, 5.41) is 8.93. The zero-order chi connectivity index (χ0) is 9.85. The molecule has 2 fully saturated rings. The van der Waals surface area contributed by atoms with Crippen LogP contribution in [0.5, 0.6) is 0 Å². The average Bonchev–Trinajstić information content (AvgIpc) is 2.36. The van der Waals surface area contributed by atoms with Gasteiger partial charge in [0.2, 0.25) is 0 Å². The van der Waals surface area contributed by atoms with Crippen molar-refractivity contribution < 1.29 is 10.0 Å². The largest absolute Gasteiger partial charge is 0.316 e. The van der Waals surface area contributed by atoms with E-state index >= 15 is 0 Å². The van der Waals surface area contributed by atoms with Gasteiger partial charge in [-0.3, -0.25) is 4.79 Å². The van der Waals surface area contributed by atoms with Crippen molar-refractivity contribution in [2.75, 3.05) is 0 Å². The van der Waals surface area contributed by atoms with Crippen molar-refractivity contribution in [3.8, 4) is 0 Å². The van der Waals surface area contributed by atoms with Gasteiger partial charge in [-0.1, -0.05) is 20.8 Å². The SMILES string of the molecule is CC12CCC(C(NO)C1=O)C2(C)C. The molecule has 0 aromatic carbocycles. The molecule has 3 heteroatoms. The van der Waals surface area contributed by atoms with Crippen molar-refractivity contribution in [2.24, 2.45) is 16.7 Å². The molecule has 3 atom stereocenters. The third kappa shape index (κ3) is 0.796. The Hall–Kier alpha value is -0.410. The average molecular weight is 183 g/mol. The molecule has 2 saturated carbocycles. The fourth-order valence-corrected chi connectivity index (χ4v) is 3.23. The number of rotatable bonds is 1. The summed E-state index contributed by atoms with van der Waals surface area (Å²) in [5.41, 5.74) is 1.98. The molecule has 2 bridgehead atoms. The summed E-state index contributed by atoms with van der Waals surface area (Å²) >= 11 is 0. The fraction of sp³-hybridized carbons (Fsp3) is 0.900. The van der Waals surface area contributed by atoms with E-state index in [-0.39, 0.29) is 22.7 Å². The van der Waals surface area contributed by atoms with Gasteiger partial charge in [0, 0.05) is 5.41 Å². The Bertz CT molecular complexity index is 262. The third-order valence-electron chi connectivity index (χ3n) is 4.67. The molecule has 0 radical (unpaired) electrons. The van der Waals surface area contributed by atoms with Crippen LogP contribution in [0.1, 0.15) is 33.6 Å². The molecule has 0 aromatic heterocycles. The first-order valence-electron chi connectivity index (χ1n) is 4.89. The van der Waals surface area contributed by atoms with Gasteiger partial charge in [0.15, 0.2) is 5.78 Å². The first kappa shape index (κ1) is 9.16. The Morgan fingerprint density at radius 3 is 2.38 bits per heavy atom. The topological polar surface area (TPSA) is 49.3 Å². The number of Topliss-reactive ketones (excluding diaryl/α,β-unsaturated/α-hetero) is 1. The molecule has 0 heterocycles. The van der Waals surface area contributed by atoms with E-state index in [0.29, 0.717) is 5.92 Å². The lowest BCUT2D eigenvalue weighted by molar-refractivity contribution is -0.132. The van der Waals surface area contributed by atoms with Crippen molar-refractivity contribution in [2.45, 2.75) is 39.7 Å². The highest BCUT2D eigenvalue weighted by Gasteiger charge is 2.66. The lowest BCUT2D eigenvalue weighted by atomic mass is 9.70. The van der Waals surface area contributed by atoms with Gasteiger partial charge in [0.1, 0.15) is 0 Å². The van der Waals surface area contributed by atoms with E-state index in [1.807, 2.05) is 6.92 Å². The Balaban J connectivity index is 2.44. The maximum atomic E-state index is 11.9. The normalized spacial score (nSPS) is 47.2. The van der Waals surface area contributed by atoms with E-state index in [2.05, 4.69) is 19.3 Å². The van der Waals surface area contributed by atoms with E-state index in [1.54, 1.807) is 0 Å². The molecule has 0 spiro atoms. The maximum Gasteiger partial charge on any atom is 0.158 e. The zero-order valence-corrected chi connectivity index (χ0v) is 8.42. The van der Waals surface area contributed by atoms with Crippen LogP contribution in [0.15, 0.2) is 0 Å². The molecule has 0 saturated heterocycles. The summed E-state index contributed by atoms with van der Waals surface area (Å²) < 4.78 is 0. The number of hydroxylamine groups is 1. The predicted octanol–water partition coefficient (Wildman–Crippen LogP) is 1.36. The number of fused-ring (bicyclic) bond motifs is 2. The van der Waals surface area contributed by atoms with Gasteiger partial charge in [-0.05, 0) is 24.2 Å². The Morgan fingerprint density at radius 2 is 2.08 bits per heavy atom. The molecule has 3 unspecified atom stereocenters. The van der Waals surface area contributed by atoms with Crippen LogP contribution in [-0.2, 0) is 4.79 Å². The second-order valence-corrected chi connectivity index (χ2v) is 5.17. The summed E-state index contributed by atoms with van der Waals surface area (Å²) in [6.45, 7) is 6.31. The molecule has 0 aliphatic heterocycles. The predicted molar refractivity (Wildman–Crippen MR) is 48.3 cm³/mol. The highest BCUT2D eigenvalue weighted by atomic mass is 16.5. The molecule has 2 aliphatic rings. The smallest absolute Gasteiger partial charge is 0.158 e. The minimum absolute atomic E-state index is 0.0322. The molecular formula is C10H17NO2. The summed E-state index contributed by atoms with van der Waals surface area (Å²) in [5.74, 6) is 0.492. The van der Waals surface area contributed by atoms with Gasteiger partial charge in [-0.2, -0.15) is 5.48 Å². The summed E-state index contributed by atoms with van der Waals surface area (Å²) in [6.07, 6.45) is 2.02. The number of hydrogen-bond donors (Lipinski definition) is 2. The molecule has 3 nitrogen and oxygen atoms in total. The van der Waals surface area contributed by atoms with Gasteiger partial charge in [0.05, 0.1) is 6.04 Å². The van der Waals surface area contributed by atoms with Crippen LogP contribution in [0.3, 0.4) is 0 Å². The minimum Gasteiger partial charge on any atom is -0.316 e. The molecule has 0 amide bonds. The molecule has 2 aliphatic carbocycles. The van der Waals surface area contributed by atoms with Gasteiger partial charge in [-0.25, -0.2) is 0 Å². The Kier molecular flexibility index (Phi) is 1.65. The molecule has 13 heavy (non-hydrogen) atoms. The van der Waals surface area contributed by atoms with Crippen LogP contribution in [0.25, 0.3) is 0 Å². The summed E-state index contributed by atoms with van der Waals surface area (Å²) in [7, 11) is 0. The lowest BCUT2D eigenvalue weighted by Crippen LogP contribution is -2.42. The van der Waals surface area contributed by atoms with Crippen molar-refractivity contribution in [3.05, 3.63) is 0 Å². The van der Waals surface area contributed by atoms with Crippen molar-refractivity contribution in [1.82, 2.24) is 5.48 Å². The van der Waals surface area contributed by atoms with E-state index in [4.69, 9.17) is 5.21 Å². The fourth-order valence-electron chi connectivity index (χ4n) is 3.23. The van der Waals surface area contributed by atoms with Crippen LogP contribution >= 0.6 is 0 Å². The first-order valence-corrected chi connectivity index (χ1v) is 4.89. The van der Waals surface area contributed by atoms with E-state index in [9.17, 15) is 4.79 Å². The van der Waals surface area contributed by atoms with Crippen LogP contribution < -0.4 is 5.48 Å². The molecule has 74 valence electrons. The number of hydrogen-bond acceptors (Lipinski definition) is 3. The minimum atomic E-state index is -0.325. The van der Waals surface area contributed by atoms with Crippen LogP contribution in [0.2, 0.25) is 0 Å². The molecule has 2 rings (SSSR count). The maximum absolute atomic E-state index is 11.9. The van der Waals surface area contributed by atoms with E-state index in [0.717, 1.165) is 12.8 Å². The van der Waals surface area contributed by atoms with Crippen molar-refractivity contribution >= 4 is 5.78 Å². The van der Waals surface area contributed by atoms with Crippen molar-refractivity contribution in [1.29, 1.82) is 0 Å². The molecule has 2 N–H and O–H groups in total. The van der Waals surface area contributed by atoms with Gasteiger partial charge in [-0.15, -0.1) is 0 Å².